The van der Waals surface area contributed by atoms with Crippen molar-refractivity contribution in [1.82, 2.24) is 5.32 Å². The van der Waals surface area contributed by atoms with Gasteiger partial charge in [-0.05, 0) is 42.9 Å². The van der Waals surface area contributed by atoms with Gasteiger partial charge in [-0.3, -0.25) is 0 Å². The third-order valence-corrected chi connectivity index (χ3v) is 4.12. The fraction of sp³-hybridized carbons (Fsp3) is 0.625. The maximum Gasteiger partial charge on any atom is 0.125 e. The van der Waals surface area contributed by atoms with Crippen molar-refractivity contribution in [2.75, 3.05) is 25.0 Å². The van der Waals surface area contributed by atoms with Gasteiger partial charge in [0.1, 0.15) is 5.82 Å². The van der Waals surface area contributed by atoms with Gasteiger partial charge in [0.15, 0.2) is 0 Å². The van der Waals surface area contributed by atoms with E-state index in [1.165, 1.54) is 18.9 Å². The zero-order valence-corrected chi connectivity index (χ0v) is 12.2. The normalized spacial score (nSPS) is 18.1. The summed E-state index contributed by atoms with van der Waals surface area (Å²) in [5.74, 6) is -0.168. The summed E-state index contributed by atoms with van der Waals surface area (Å²) in [6.07, 6.45) is 3.76. The first kappa shape index (κ1) is 14.3. The van der Waals surface area contributed by atoms with Crippen molar-refractivity contribution in [3.05, 3.63) is 30.1 Å². The Morgan fingerprint density at radius 3 is 2.74 bits per heavy atom. The molecule has 1 unspecified atom stereocenters. The molecule has 1 aromatic carbocycles. The van der Waals surface area contributed by atoms with Crippen molar-refractivity contribution in [2.24, 2.45) is 5.41 Å². The molecule has 0 saturated heterocycles. The van der Waals surface area contributed by atoms with E-state index in [4.69, 9.17) is 0 Å². The monoisotopic (exact) mass is 264 g/mol. The first-order chi connectivity index (χ1) is 9.02. The van der Waals surface area contributed by atoms with Crippen LogP contribution in [-0.4, -0.2) is 26.2 Å². The van der Waals surface area contributed by atoms with Crippen molar-refractivity contribution < 1.29 is 4.39 Å². The summed E-state index contributed by atoms with van der Waals surface area (Å²) in [6.45, 7) is 6.51. The Hall–Kier alpha value is -1.09. The van der Waals surface area contributed by atoms with Crippen LogP contribution >= 0.6 is 0 Å². The molecule has 2 rings (SSSR count). The topological polar surface area (TPSA) is 15.3 Å². The van der Waals surface area contributed by atoms with Gasteiger partial charge in [-0.1, -0.05) is 19.9 Å². The van der Waals surface area contributed by atoms with Crippen LogP contribution in [0.25, 0.3) is 0 Å². The maximum atomic E-state index is 13.3. The van der Waals surface area contributed by atoms with E-state index in [2.05, 4.69) is 24.1 Å². The molecule has 3 heteroatoms. The number of nitrogens with zero attached hydrogens (tertiary/aromatic N) is 1. The van der Waals surface area contributed by atoms with Crippen LogP contribution in [0.5, 0.6) is 0 Å². The highest BCUT2D eigenvalue weighted by Gasteiger charge is 2.28. The Kier molecular flexibility index (Phi) is 4.46. The molecular formula is C16H25FN2. The molecule has 0 amide bonds. The van der Waals surface area contributed by atoms with Crippen molar-refractivity contribution in [3.8, 4) is 0 Å². The zero-order valence-electron chi connectivity index (χ0n) is 12.2. The summed E-state index contributed by atoms with van der Waals surface area (Å²) >= 11 is 0. The van der Waals surface area contributed by atoms with Crippen LogP contribution in [0.4, 0.5) is 10.1 Å². The van der Waals surface area contributed by atoms with Gasteiger partial charge in [-0.15, -0.1) is 0 Å². The van der Waals surface area contributed by atoms with Gasteiger partial charge >= 0.3 is 0 Å². The molecule has 0 aromatic heterocycles. The summed E-state index contributed by atoms with van der Waals surface area (Å²) in [5, 5.41) is 3.62. The zero-order chi connectivity index (χ0) is 13.9. The van der Waals surface area contributed by atoms with E-state index >= 15 is 0 Å². The number of hydrogen-bond acceptors (Lipinski definition) is 2. The summed E-state index contributed by atoms with van der Waals surface area (Å²) in [7, 11) is 2.04. The SMILES string of the molecule is CCC(C)(CNC1CC1)CN(C)c1cccc(F)c1. The molecule has 1 aromatic rings. The highest BCUT2D eigenvalue weighted by molar-refractivity contribution is 5.45. The molecule has 1 aliphatic rings. The number of rotatable bonds is 7. The van der Waals surface area contributed by atoms with Gasteiger partial charge in [0.2, 0.25) is 0 Å². The third kappa shape index (κ3) is 4.20. The lowest BCUT2D eigenvalue weighted by Crippen LogP contribution is -2.41. The molecule has 19 heavy (non-hydrogen) atoms. The van der Waals surface area contributed by atoms with E-state index in [0.717, 1.165) is 31.2 Å². The minimum atomic E-state index is -0.168. The van der Waals surface area contributed by atoms with Crippen LogP contribution in [0.1, 0.15) is 33.1 Å². The van der Waals surface area contributed by atoms with E-state index < -0.39 is 0 Å². The standard InChI is InChI=1S/C16H25FN2/c1-4-16(2,11-18-14-8-9-14)12-19(3)15-7-5-6-13(17)10-15/h5-7,10,14,18H,4,8-9,11-12H2,1-3H3. The average Bonchev–Trinajstić information content (AvgIpc) is 3.20. The number of hydrogen-bond donors (Lipinski definition) is 1. The van der Waals surface area contributed by atoms with Gasteiger partial charge in [-0.25, -0.2) is 4.39 Å². The van der Waals surface area contributed by atoms with E-state index in [9.17, 15) is 4.39 Å². The minimum absolute atomic E-state index is 0.168. The molecule has 1 aliphatic carbocycles. The molecule has 1 fully saturated rings. The molecule has 0 spiro atoms. The second kappa shape index (κ2) is 5.91. The largest absolute Gasteiger partial charge is 0.374 e. The second-order valence-corrected chi connectivity index (χ2v) is 6.16. The Morgan fingerprint density at radius 2 is 2.16 bits per heavy atom. The molecule has 1 atom stereocenters. The number of benzene rings is 1. The molecule has 0 radical (unpaired) electrons. The van der Waals surface area contributed by atoms with Crippen LogP contribution in [0, 0.1) is 11.2 Å². The molecule has 0 heterocycles. The summed E-state index contributed by atoms with van der Waals surface area (Å²) in [5.41, 5.74) is 1.18. The molecule has 1 N–H and O–H groups in total. The number of anilines is 1. The molecule has 1 saturated carbocycles. The summed E-state index contributed by atoms with van der Waals surface area (Å²) < 4.78 is 13.3. The molecule has 2 nitrogen and oxygen atoms in total. The van der Waals surface area contributed by atoms with Crippen LogP contribution in [-0.2, 0) is 0 Å². The molecular weight excluding hydrogens is 239 g/mol. The average molecular weight is 264 g/mol. The molecule has 106 valence electrons. The van der Waals surface area contributed by atoms with Gasteiger partial charge < -0.3 is 10.2 Å². The van der Waals surface area contributed by atoms with Crippen LogP contribution < -0.4 is 10.2 Å². The van der Waals surface area contributed by atoms with Crippen LogP contribution in [0.2, 0.25) is 0 Å². The first-order valence-electron chi connectivity index (χ1n) is 7.22. The maximum absolute atomic E-state index is 13.3. The number of nitrogens with one attached hydrogen (secondary N) is 1. The van der Waals surface area contributed by atoms with Crippen molar-refractivity contribution in [3.63, 3.8) is 0 Å². The lowest BCUT2D eigenvalue weighted by molar-refractivity contribution is 0.298. The van der Waals surface area contributed by atoms with E-state index in [-0.39, 0.29) is 11.2 Å². The first-order valence-corrected chi connectivity index (χ1v) is 7.22. The molecule has 0 aliphatic heterocycles. The Morgan fingerprint density at radius 1 is 1.42 bits per heavy atom. The number of halogens is 1. The van der Waals surface area contributed by atoms with Crippen LogP contribution in [0.3, 0.4) is 0 Å². The van der Waals surface area contributed by atoms with Crippen molar-refractivity contribution in [2.45, 2.75) is 39.2 Å². The fourth-order valence-corrected chi connectivity index (χ4v) is 2.35. The molecule has 0 bridgehead atoms. The minimum Gasteiger partial charge on any atom is -0.374 e. The third-order valence-electron chi connectivity index (χ3n) is 4.12. The van der Waals surface area contributed by atoms with Crippen molar-refractivity contribution >= 4 is 5.69 Å². The quantitative estimate of drug-likeness (QED) is 0.811. The predicted molar refractivity (Wildman–Crippen MR) is 79.1 cm³/mol. The van der Waals surface area contributed by atoms with E-state index in [1.807, 2.05) is 13.1 Å². The van der Waals surface area contributed by atoms with Gasteiger partial charge in [0, 0.05) is 31.9 Å². The lowest BCUT2D eigenvalue weighted by atomic mass is 9.86. The highest BCUT2D eigenvalue weighted by Crippen LogP contribution is 2.27. The van der Waals surface area contributed by atoms with Crippen molar-refractivity contribution in [1.29, 1.82) is 0 Å². The Bertz CT molecular complexity index is 417. The fourth-order valence-electron chi connectivity index (χ4n) is 2.35. The van der Waals surface area contributed by atoms with Gasteiger partial charge in [0.05, 0.1) is 0 Å². The van der Waals surface area contributed by atoms with Gasteiger partial charge in [-0.2, -0.15) is 0 Å². The van der Waals surface area contributed by atoms with E-state index in [1.54, 1.807) is 12.1 Å². The predicted octanol–water partition coefficient (Wildman–Crippen LogP) is 3.43. The smallest absolute Gasteiger partial charge is 0.125 e. The summed E-state index contributed by atoms with van der Waals surface area (Å²) in [4.78, 5) is 2.15. The highest BCUT2D eigenvalue weighted by atomic mass is 19.1. The van der Waals surface area contributed by atoms with E-state index in [0.29, 0.717) is 0 Å². The Balaban J connectivity index is 1.95. The second-order valence-electron chi connectivity index (χ2n) is 6.16. The van der Waals surface area contributed by atoms with Crippen LogP contribution in [0.15, 0.2) is 24.3 Å². The Labute approximate surface area is 116 Å². The summed E-state index contributed by atoms with van der Waals surface area (Å²) in [6, 6.07) is 7.57. The van der Waals surface area contributed by atoms with Gasteiger partial charge in [0.25, 0.3) is 0 Å². The lowest BCUT2D eigenvalue weighted by Gasteiger charge is -2.34.